The highest BCUT2D eigenvalue weighted by Crippen LogP contribution is 2.66. The molecule has 0 spiro atoms. The molecule has 2 aliphatic rings. The first-order chi connectivity index (χ1) is 25.2. The van der Waals surface area contributed by atoms with Crippen LogP contribution in [0.1, 0.15) is 93.2 Å². The molecule has 0 radical (unpaired) electrons. The second kappa shape index (κ2) is 14.6. The summed E-state index contributed by atoms with van der Waals surface area (Å²) < 4.78 is 39.8. The SMILES string of the molecule is CC(=O)Oc1ccc([C@@H]2Oc3cc(OC(C)=O)ccc3[C@@H]3[C@@H](c4cc(OC(C)=O)cc(OC(C)=O)c4)c4c(OC(C)=O)cc(OC(C)=O)cc4[C@H]32)cc1. The fourth-order valence-corrected chi connectivity index (χ4v) is 7.10. The van der Waals surface area contributed by atoms with Gasteiger partial charge in [-0.1, -0.05) is 18.2 Å². The van der Waals surface area contributed by atoms with Gasteiger partial charge < -0.3 is 33.2 Å². The lowest BCUT2D eigenvalue weighted by atomic mass is 9.73. The lowest BCUT2D eigenvalue weighted by Crippen LogP contribution is -2.27. The van der Waals surface area contributed by atoms with E-state index >= 15 is 0 Å². The summed E-state index contributed by atoms with van der Waals surface area (Å²) in [6, 6.07) is 19.6. The molecule has 4 aromatic carbocycles. The Kier molecular flexibility index (Phi) is 10.0. The Bertz CT molecular complexity index is 2130. The van der Waals surface area contributed by atoms with Gasteiger partial charge in [-0.05, 0) is 58.7 Å². The monoisotopic (exact) mass is 722 g/mol. The van der Waals surface area contributed by atoms with Crippen LogP contribution in [0.5, 0.6) is 40.2 Å². The van der Waals surface area contributed by atoms with Crippen molar-refractivity contribution >= 4 is 35.8 Å². The Morgan fingerprint density at radius 2 is 0.943 bits per heavy atom. The van der Waals surface area contributed by atoms with Gasteiger partial charge in [0.25, 0.3) is 0 Å². The van der Waals surface area contributed by atoms with Gasteiger partial charge in [-0.3, -0.25) is 28.8 Å². The molecule has 13 heteroatoms. The number of rotatable bonds is 8. The highest BCUT2D eigenvalue weighted by atomic mass is 16.6. The first-order valence-corrected chi connectivity index (χ1v) is 16.5. The maximum atomic E-state index is 12.6. The zero-order valence-electron chi connectivity index (χ0n) is 29.5. The van der Waals surface area contributed by atoms with Crippen LogP contribution in [0.4, 0.5) is 0 Å². The van der Waals surface area contributed by atoms with Crippen molar-refractivity contribution in [3.63, 3.8) is 0 Å². The van der Waals surface area contributed by atoms with Crippen LogP contribution in [-0.4, -0.2) is 35.8 Å². The van der Waals surface area contributed by atoms with E-state index in [9.17, 15) is 28.8 Å². The number of benzene rings is 4. The summed E-state index contributed by atoms with van der Waals surface area (Å²) in [5, 5.41) is 0. The molecule has 1 aliphatic carbocycles. The van der Waals surface area contributed by atoms with Crippen LogP contribution in [0.25, 0.3) is 0 Å². The number of fused-ring (bicyclic) bond motifs is 5. The van der Waals surface area contributed by atoms with Gasteiger partial charge in [-0.2, -0.15) is 0 Å². The zero-order valence-corrected chi connectivity index (χ0v) is 29.5. The summed E-state index contributed by atoms with van der Waals surface area (Å²) in [6.07, 6.45) is -0.780. The number of hydrogen-bond donors (Lipinski definition) is 0. The Morgan fingerprint density at radius 3 is 1.49 bits per heavy atom. The van der Waals surface area contributed by atoms with Crippen molar-refractivity contribution in [2.75, 3.05) is 0 Å². The molecule has 1 aliphatic heterocycles. The molecule has 0 saturated heterocycles. The summed E-state index contributed by atoms with van der Waals surface area (Å²) in [5.41, 5.74) is 2.98. The molecule has 0 unspecified atom stereocenters. The molecule has 53 heavy (non-hydrogen) atoms. The second-order valence-corrected chi connectivity index (χ2v) is 12.6. The molecule has 0 aromatic heterocycles. The number of esters is 6. The van der Waals surface area contributed by atoms with Gasteiger partial charge in [-0.15, -0.1) is 0 Å². The van der Waals surface area contributed by atoms with Crippen molar-refractivity contribution in [1.82, 2.24) is 0 Å². The van der Waals surface area contributed by atoms with Gasteiger partial charge in [0.05, 0.1) is 0 Å². The zero-order chi connectivity index (χ0) is 38.1. The average Bonchev–Trinajstić information content (AvgIpc) is 3.38. The molecule has 0 N–H and O–H groups in total. The third-order valence-corrected chi connectivity index (χ3v) is 8.52. The van der Waals surface area contributed by atoms with Gasteiger partial charge in [0.1, 0.15) is 46.4 Å². The number of hydrogen-bond acceptors (Lipinski definition) is 13. The summed E-state index contributed by atoms with van der Waals surface area (Å²) in [6.45, 7) is 7.53. The normalized spacial score (nSPS) is 17.8. The van der Waals surface area contributed by atoms with Gasteiger partial charge in [0.15, 0.2) is 0 Å². The minimum Gasteiger partial charge on any atom is -0.485 e. The van der Waals surface area contributed by atoms with E-state index in [4.69, 9.17) is 33.2 Å². The van der Waals surface area contributed by atoms with E-state index in [-0.39, 0.29) is 28.7 Å². The minimum absolute atomic E-state index is 0.0944. The van der Waals surface area contributed by atoms with Crippen LogP contribution < -0.4 is 33.2 Å². The quantitative estimate of drug-likeness (QED) is 0.145. The molecular weight excluding hydrogens is 688 g/mol. The molecule has 4 aromatic rings. The molecule has 6 rings (SSSR count). The predicted molar refractivity (Wildman–Crippen MR) is 184 cm³/mol. The Labute approximate surface area is 303 Å². The smallest absolute Gasteiger partial charge is 0.308 e. The standard InChI is InChI=1S/C40H34O13/c1-19(41)47-27-9-7-25(8-10-27)40-39-33-16-31(51-23(5)45)18-35(52-24(6)46)37(33)36(26-13-29(49-21(3)43)15-30(14-26)50-22(4)44)38(39)32-12-11-28(48-20(2)42)17-34(32)53-40/h7-18,36,38-40H,1-6H3/t36-,38+,39+,40-/m0/s1. The van der Waals surface area contributed by atoms with Gasteiger partial charge in [0.2, 0.25) is 0 Å². The van der Waals surface area contributed by atoms with E-state index in [1.807, 2.05) is 0 Å². The van der Waals surface area contributed by atoms with E-state index in [0.29, 0.717) is 39.3 Å². The Balaban J connectivity index is 1.67. The topological polar surface area (TPSA) is 167 Å². The minimum atomic E-state index is -0.780. The summed E-state index contributed by atoms with van der Waals surface area (Å²) in [7, 11) is 0. The number of carbonyl (C=O) groups is 6. The Morgan fingerprint density at radius 1 is 0.453 bits per heavy atom. The van der Waals surface area contributed by atoms with Crippen LogP contribution in [0, 0.1) is 0 Å². The largest absolute Gasteiger partial charge is 0.485 e. The molecule has 0 fully saturated rings. The van der Waals surface area contributed by atoms with Crippen LogP contribution in [-0.2, 0) is 28.8 Å². The van der Waals surface area contributed by atoms with Crippen molar-refractivity contribution in [2.24, 2.45) is 0 Å². The molecular formula is C40H34O13. The van der Waals surface area contributed by atoms with E-state index in [2.05, 4.69) is 0 Å². The van der Waals surface area contributed by atoms with Crippen LogP contribution in [0.15, 0.2) is 72.8 Å². The van der Waals surface area contributed by atoms with Crippen LogP contribution in [0.3, 0.4) is 0 Å². The summed E-state index contributed by atoms with van der Waals surface area (Å²) in [4.78, 5) is 72.8. The van der Waals surface area contributed by atoms with Crippen molar-refractivity contribution < 1.29 is 61.9 Å². The second-order valence-electron chi connectivity index (χ2n) is 12.6. The molecule has 0 bridgehead atoms. The van der Waals surface area contributed by atoms with E-state index < -0.39 is 59.7 Å². The first-order valence-electron chi connectivity index (χ1n) is 16.5. The van der Waals surface area contributed by atoms with Crippen molar-refractivity contribution in [3.8, 4) is 40.2 Å². The van der Waals surface area contributed by atoms with E-state index in [1.54, 1.807) is 60.7 Å². The lowest BCUT2D eigenvalue weighted by Gasteiger charge is -2.39. The van der Waals surface area contributed by atoms with Crippen molar-refractivity contribution in [1.29, 1.82) is 0 Å². The maximum Gasteiger partial charge on any atom is 0.308 e. The molecule has 272 valence electrons. The van der Waals surface area contributed by atoms with Gasteiger partial charge >= 0.3 is 35.8 Å². The van der Waals surface area contributed by atoms with E-state index in [1.165, 1.54) is 53.7 Å². The third kappa shape index (κ3) is 7.88. The van der Waals surface area contributed by atoms with Crippen molar-refractivity contribution in [3.05, 3.63) is 101 Å². The third-order valence-electron chi connectivity index (χ3n) is 8.52. The molecule has 13 nitrogen and oxygen atoms in total. The summed E-state index contributed by atoms with van der Waals surface area (Å²) in [5.74, 6) is -4.01. The Hall–Kier alpha value is -6.50. The maximum absolute atomic E-state index is 12.6. The van der Waals surface area contributed by atoms with E-state index in [0.717, 1.165) is 0 Å². The van der Waals surface area contributed by atoms with Gasteiger partial charge in [0, 0.05) is 83.1 Å². The predicted octanol–water partition coefficient (Wildman–Crippen LogP) is 6.39. The highest BCUT2D eigenvalue weighted by Gasteiger charge is 2.52. The van der Waals surface area contributed by atoms with Crippen LogP contribution >= 0.6 is 0 Å². The average molecular weight is 723 g/mol. The van der Waals surface area contributed by atoms with Crippen molar-refractivity contribution in [2.45, 2.75) is 65.4 Å². The lowest BCUT2D eigenvalue weighted by molar-refractivity contribution is -0.133. The molecule has 0 saturated carbocycles. The number of ether oxygens (including phenoxy) is 7. The fourth-order valence-electron chi connectivity index (χ4n) is 7.10. The van der Waals surface area contributed by atoms with Gasteiger partial charge in [-0.25, -0.2) is 0 Å². The summed E-state index contributed by atoms with van der Waals surface area (Å²) >= 11 is 0. The highest BCUT2D eigenvalue weighted by molar-refractivity contribution is 5.76. The molecule has 1 heterocycles. The fraction of sp³-hybridized carbons (Fsp3) is 0.250. The molecule has 0 amide bonds. The first kappa shape index (κ1) is 36.3. The number of carbonyl (C=O) groups excluding carboxylic acids is 6. The molecule has 4 atom stereocenters. The van der Waals surface area contributed by atoms with Crippen LogP contribution in [0.2, 0.25) is 0 Å².